The van der Waals surface area contributed by atoms with Gasteiger partial charge in [0.2, 0.25) is 0 Å². The summed E-state index contributed by atoms with van der Waals surface area (Å²) in [6.45, 7) is 5.81. The summed E-state index contributed by atoms with van der Waals surface area (Å²) < 4.78 is 5.30. The highest BCUT2D eigenvalue weighted by molar-refractivity contribution is 6.09. The first-order valence-corrected chi connectivity index (χ1v) is 12.6. The zero-order valence-corrected chi connectivity index (χ0v) is 20.7. The molecule has 6 heteroatoms. The SMILES string of the molecule is COc1ccc(/C=C2/CCCc3c2nc2ccccc2c3C(=O)NCCN2CCN(C)CC2)cc1. The van der Waals surface area contributed by atoms with Gasteiger partial charge in [-0.05, 0) is 67.3 Å². The minimum Gasteiger partial charge on any atom is -0.497 e. The quantitative estimate of drug-likeness (QED) is 0.588. The second kappa shape index (κ2) is 10.6. The molecule has 1 N–H and O–H groups in total. The Balaban J connectivity index is 1.44. The molecular weight excluding hydrogens is 436 g/mol. The normalized spacial score (nSPS) is 17.9. The lowest BCUT2D eigenvalue weighted by Gasteiger charge is -2.32. The highest BCUT2D eigenvalue weighted by atomic mass is 16.5. The molecule has 1 aliphatic heterocycles. The average molecular weight is 471 g/mol. The predicted molar refractivity (Wildman–Crippen MR) is 142 cm³/mol. The van der Waals surface area contributed by atoms with Gasteiger partial charge in [-0.25, -0.2) is 4.98 Å². The van der Waals surface area contributed by atoms with Crippen molar-refractivity contribution in [3.8, 4) is 5.75 Å². The first kappa shape index (κ1) is 23.5. The van der Waals surface area contributed by atoms with Gasteiger partial charge >= 0.3 is 0 Å². The van der Waals surface area contributed by atoms with Gasteiger partial charge < -0.3 is 15.0 Å². The van der Waals surface area contributed by atoms with Crippen LogP contribution in [0.15, 0.2) is 48.5 Å². The Kier molecular flexibility index (Phi) is 7.11. The number of benzene rings is 2. The van der Waals surface area contributed by atoms with Crippen LogP contribution < -0.4 is 10.1 Å². The number of hydrogen-bond acceptors (Lipinski definition) is 5. The number of para-hydroxylation sites is 1. The molecule has 0 atom stereocenters. The van der Waals surface area contributed by atoms with Crippen LogP contribution in [-0.2, 0) is 6.42 Å². The van der Waals surface area contributed by atoms with Gasteiger partial charge in [0.1, 0.15) is 5.75 Å². The van der Waals surface area contributed by atoms with Crippen LogP contribution in [0.5, 0.6) is 5.75 Å². The number of likely N-dealkylation sites (N-methyl/N-ethyl adjacent to an activating group) is 1. The minimum atomic E-state index is 0.0136. The Morgan fingerprint density at radius 1 is 1.06 bits per heavy atom. The molecular formula is C29H34N4O2. The molecule has 0 radical (unpaired) electrons. The molecule has 0 bridgehead atoms. The number of nitrogens with zero attached hydrogens (tertiary/aromatic N) is 3. The molecule has 35 heavy (non-hydrogen) atoms. The standard InChI is InChI=1S/C29H34N4O2/c1-32-16-18-33(19-17-32)15-14-30-29(34)27-24-7-3-4-9-26(24)31-28-22(6-5-8-25(27)28)20-21-10-12-23(35-2)13-11-21/h3-4,7,9-13,20H,5-6,8,14-19H2,1-2H3,(H,30,34)/b22-20-. The number of aromatic nitrogens is 1. The molecule has 1 fully saturated rings. The molecule has 5 rings (SSSR count). The van der Waals surface area contributed by atoms with Gasteiger partial charge in [-0.1, -0.05) is 30.3 Å². The average Bonchev–Trinajstić information content (AvgIpc) is 2.89. The van der Waals surface area contributed by atoms with Crippen molar-refractivity contribution in [3.05, 3.63) is 70.9 Å². The number of fused-ring (bicyclic) bond motifs is 2. The van der Waals surface area contributed by atoms with Crippen LogP contribution in [0, 0.1) is 0 Å². The molecule has 1 saturated heterocycles. The fourth-order valence-electron chi connectivity index (χ4n) is 5.12. The van der Waals surface area contributed by atoms with Crippen LogP contribution in [0.3, 0.4) is 0 Å². The Hall–Kier alpha value is -3.22. The summed E-state index contributed by atoms with van der Waals surface area (Å²) in [6, 6.07) is 16.1. The monoisotopic (exact) mass is 470 g/mol. The van der Waals surface area contributed by atoms with Crippen molar-refractivity contribution in [1.82, 2.24) is 20.1 Å². The number of methoxy groups -OCH3 is 1. The van der Waals surface area contributed by atoms with E-state index in [-0.39, 0.29) is 5.91 Å². The maximum atomic E-state index is 13.6. The van der Waals surface area contributed by atoms with Crippen LogP contribution in [-0.4, -0.2) is 74.1 Å². The third kappa shape index (κ3) is 5.24. The molecule has 1 aliphatic carbocycles. The maximum absolute atomic E-state index is 13.6. The summed E-state index contributed by atoms with van der Waals surface area (Å²) in [5.74, 6) is 0.857. The number of carbonyl (C=O) groups excluding carboxylic acids is 1. The lowest BCUT2D eigenvalue weighted by molar-refractivity contribution is 0.0941. The van der Waals surface area contributed by atoms with Gasteiger partial charge in [-0.3, -0.25) is 9.69 Å². The highest BCUT2D eigenvalue weighted by Gasteiger charge is 2.25. The van der Waals surface area contributed by atoms with E-state index in [1.807, 2.05) is 36.4 Å². The molecule has 6 nitrogen and oxygen atoms in total. The van der Waals surface area contributed by atoms with Crippen molar-refractivity contribution < 1.29 is 9.53 Å². The van der Waals surface area contributed by atoms with E-state index in [1.54, 1.807) is 7.11 Å². The number of rotatable bonds is 6. The fourth-order valence-corrected chi connectivity index (χ4v) is 5.12. The van der Waals surface area contributed by atoms with Crippen molar-refractivity contribution in [2.75, 3.05) is 53.4 Å². The number of carbonyl (C=O) groups is 1. The van der Waals surface area contributed by atoms with E-state index in [0.29, 0.717) is 6.54 Å². The second-order valence-electron chi connectivity index (χ2n) is 9.53. The zero-order valence-electron chi connectivity index (χ0n) is 20.7. The predicted octanol–water partition coefficient (Wildman–Crippen LogP) is 4.10. The summed E-state index contributed by atoms with van der Waals surface area (Å²) in [5, 5.41) is 4.16. The van der Waals surface area contributed by atoms with E-state index >= 15 is 0 Å². The summed E-state index contributed by atoms with van der Waals surface area (Å²) in [7, 11) is 3.84. The van der Waals surface area contributed by atoms with E-state index in [0.717, 1.165) is 91.0 Å². The van der Waals surface area contributed by atoms with E-state index in [4.69, 9.17) is 9.72 Å². The first-order chi connectivity index (χ1) is 17.1. The Labute approximate surface area is 207 Å². The topological polar surface area (TPSA) is 57.7 Å². The molecule has 0 unspecified atom stereocenters. The van der Waals surface area contributed by atoms with Crippen LogP contribution in [0.1, 0.15) is 40.0 Å². The number of nitrogens with one attached hydrogen (secondary N) is 1. The lowest BCUT2D eigenvalue weighted by Crippen LogP contribution is -2.47. The molecule has 2 aliphatic rings. The molecule has 1 aromatic heterocycles. The summed E-state index contributed by atoms with van der Waals surface area (Å²) in [4.78, 5) is 23.4. The Morgan fingerprint density at radius 2 is 1.83 bits per heavy atom. The largest absolute Gasteiger partial charge is 0.497 e. The van der Waals surface area contributed by atoms with Gasteiger partial charge in [-0.2, -0.15) is 0 Å². The van der Waals surface area contributed by atoms with Crippen molar-refractivity contribution in [3.63, 3.8) is 0 Å². The molecule has 0 spiro atoms. The van der Waals surface area contributed by atoms with Crippen LogP contribution in [0.4, 0.5) is 0 Å². The smallest absolute Gasteiger partial charge is 0.252 e. The third-order valence-electron chi connectivity index (χ3n) is 7.16. The first-order valence-electron chi connectivity index (χ1n) is 12.6. The summed E-state index contributed by atoms with van der Waals surface area (Å²) >= 11 is 0. The number of piperazine rings is 1. The van der Waals surface area contributed by atoms with Gasteiger partial charge in [0.05, 0.1) is 23.9 Å². The van der Waals surface area contributed by atoms with Crippen molar-refractivity contribution in [1.29, 1.82) is 0 Å². The van der Waals surface area contributed by atoms with E-state index < -0.39 is 0 Å². The van der Waals surface area contributed by atoms with E-state index in [1.165, 1.54) is 5.57 Å². The molecule has 2 aromatic carbocycles. The van der Waals surface area contributed by atoms with Gasteiger partial charge in [0, 0.05) is 44.7 Å². The molecule has 0 saturated carbocycles. The minimum absolute atomic E-state index is 0.0136. The molecule has 182 valence electrons. The number of ether oxygens (including phenoxy) is 1. The van der Waals surface area contributed by atoms with Gasteiger partial charge in [0.25, 0.3) is 5.91 Å². The zero-order chi connectivity index (χ0) is 24.2. The van der Waals surface area contributed by atoms with E-state index in [9.17, 15) is 4.79 Å². The fraction of sp³-hybridized carbons (Fsp3) is 0.379. The van der Waals surface area contributed by atoms with E-state index in [2.05, 4.69) is 40.4 Å². The third-order valence-corrected chi connectivity index (χ3v) is 7.16. The van der Waals surface area contributed by atoms with Crippen molar-refractivity contribution in [2.24, 2.45) is 0 Å². The summed E-state index contributed by atoms with van der Waals surface area (Å²) in [6.07, 6.45) is 5.04. The van der Waals surface area contributed by atoms with Gasteiger partial charge in [0.15, 0.2) is 0 Å². The number of pyridine rings is 1. The lowest BCUT2D eigenvalue weighted by atomic mass is 9.85. The second-order valence-corrected chi connectivity index (χ2v) is 9.53. The molecule has 3 aromatic rings. The van der Waals surface area contributed by atoms with Crippen molar-refractivity contribution in [2.45, 2.75) is 19.3 Å². The number of allylic oxidation sites excluding steroid dienone is 1. The Bertz CT molecular complexity index is 1230. The van der Waals surface area contributed by atoms with Crippen LogP contribution in [0.25, 0.3) is 22.6 Å². The maximum Gasteiger partial charge on any atom is 0.252 e. The Morgan fingerprint density at radius 3 is 2.60 bits per heavy atom. The van der Waals surface area contributed by atoms with Gasteiger partial charge in [-0.15, -0.1) is 0 Å². The molecule has 2 heterocycles. The number of amides is 1. The highest BCUT2D eigenvalue weighted by Crippen LogP contribution is 2.36. The molecule has 1 amide bonds. The summed E-state index contributed by atoms with van der Waals surface area (Å²) in [5.41, 5.74) is 6.01. The number of hydrogen-bond donors (Lipinski definition) is 1. The van der Waals surface area contributed by atoms with Crippen LogP contribution >= 0.6 is 0 Å². The van der Waals surface area contributed by atoms with Crippen molar-refractivity contribution >= 4 is 28.5 Å². The van der Waals surface area contributed by atoms with Crippen LogP contribution in [0.2, 0.25) is 0 Å².